The van der Waals surface area contributed by atoms with E-state index in [-0.39, 0.29) is 23.4 Å². The molecule has 1 aliphatic rings. The summed E-state index contributed by atoms with van der Waals surface area (Å²) in [6.07, 6.45) is 0.0726. The van der Waals surface area contributed by atoms with Gasteiger partial charge in [0.25, 0.3) is 5.91 Å². The van der Waals surface area contributed by atoms with Crippen molar-refractivity contribution in [1.29, 1.82) is 0 Å². The first kappa shape index (κ1) is 14.4. The lowest BCUT2D eigenvalue weighted by atomic mass is 10.2. The summed E-state index contributed by atoms with van der Waals surface area (Å²) >= 11 is 1.13. The van der Waals surface area contributed by atoms with E-state index < -0.39 is 5.25 Å². The van der Waals surface area contributed by atoms with Gasteiger partial charge in [0.15, 0.2) is 5.17 Å². The minimum absolute atomic E-state index is 0.0726. The Bertz CT molecular complexity index is 554. The van der Waals surface area contributed by atoms with Crippen molar-refractivity contribution in [2.45, 2.75) is 11.7 Å². The van der Waals surface area contributed by atoms with Crippen LogP contribution < -0.4 is 16.0 Å². The molecule has 2 rings (SSSR count). The van der Waals surface area contributed by atoms with Gasteiger partial charge in [-0.25, -0.2) is 0 Å². The molecule has 2 amide bonds. The van der Waals surface area contributed by atoms with Gasteiger partial charge in [0.2, 0.25) is 5.91 Å². The second kappa shape index (κ2) is 5.96. The van der Waals surface area contributed by atoms with E-state index in [0.717, 1.165) is 17.4 Å². The van der Waals surface area contributed by atoms with Crippen molar-refractivity contribution < 1.29 is 9.59 Å². The maximum Gasteiger partial charge on any atom is 0.262 e. The molecule has 1 aromatic rings. The second-order valence-corrected chi connectivity index (χ2v) is 5.81. The standard InChI is InChI=1S/C13H16N4O2S/c1-17(2)9-5-3-8(4-6-9)15-11(18)7-10-12(19)16-13(14)20-10/h3-6,10H,7H2,1-2H3,(H,15,18)(H2,14,16,19)/t10-/m0/s1. The van der Waals surface area contributed by atoms with E-state index in [0.29, 0.717) is 5.69 Å². The Labute approximate surface area is 121 Å². The van der Waals surface area contributed by atoms with E-state index in [1.165, 1.54) is 0 Å². The number of hydrogen-bond donors (Lipinski definition) is 2. The predicted octanol–water partition coefficient (Wildman–Crippen LogP) is 1.04. The molecule has 1 atom stereocenters. The van der Waals surface area contributed by atoms with Gasteiger partial charge >= 0.3 is 0 Å². The van der Waals surface area contributed by atoms with Gasteiger partial charge in [-0.1, -0.05) is 11.8 Å². The summed E-state index contributed by atoms with van der Waals surface area (Å²) in [5.41, 5.74) is 7.19. The SMILES string of the molecule is CN(C)c1ccc(NC(=O)C[C@@H]2SC(N)=NC2=O)cc1. The van der Waals surface area contributed by atoms with Crippen molar-refractivity contribution >= 4 is 40.1 Å². The Kier molecular flexibility index (Phi) is 4.29. The van der Waals surface area contributed by atoms with E-state index >= 15 is 0 Å². The van der Waals surface area contributed by atoms with Gasteiger partial charge in [0.05, 0.1) is 0 Å². The molecule has 6 nitrogen and oxygen atoms in total. The molecule has 1 aromatic carbocycles. The van der Waals surface area contributed by atoms with Crippen LogP contribution in [0.1, 0.15) is 6.42 Å². The number of nitrogens with zero attached hydrogens (tertiary/aromatic N) is 2. The monoisotopic (exact) mass is 292 g/mol. The minimum Gasteiger partial charge on any atom is -0.378 e. The Balaban J connectivity index is 1.90. The van der Waals surface area contributed by atoms with Crippen molar-refractivity contribution in [3.05, 3.63) is 24.3 Å². The molecule has 0 radical (unpaired) electrons. The maximum absolute atomic E-state index is 11.9. The zero-order valence-corrected chi connectivity index (χ0v) is 12.1. The summed E-state index contributed by atoms with van der Waals surface area (Å²) in [6.45, 7) is 0. The van der Waals surface area contributed by atoms with Crippen molar-refractivity contribution in [1.82, 2.24) is 0 Å². The molecule has 0 aliphatic carbocycles. The molecule has 0 fully saturated rings. The highest BCUT2D eigenvalue weighted by Gasteiger charge is 2.29. The fraction of sp³-hybridized carbons (Fsp3) is 0.308. The molecule has 106 valence electrons. The van der Waals surface area contributed by atoms with Crippen LogP contribution >= 0.6 is 11.8 Å². The number of benzene rings is 1. The molecular weight excluding hydrogens is 276 g/mol. The first-order valence-electron chi connectivity index (χ1n) is 6.07. The van der Waals surface area contributed by atoms with Crippen LogP contribution in [0.15, 0.2) is 29.3 Å². The predicted molar refractivity (Wildman–Crippen MR) is 82.0 cm³/mol. The van der Waals surface area contributed by atoms with Crippen LogP contribution in [0.5, 0.6) is 0 Å². The van der Waals surface area contributed by atoms with Crippen LogP contribution in [0.3, 0.4) is 0 Å². The van der Waals surface area contributed by atoms with Crippen LogP contribution in [0, 0.1) is 0 Å². The summed E-state index contributed by atoms with van der Waals surface area (Å²) < 4.78 is 0. The van der Waals surface area contributed by atoms with E-state index in [4.69, 9.17) is 5.73 Å². The number of anilines is 2. The second-order valence-electron chi connectivity index (χ2n) is 4.59. The average Bonchev–Trinajstić information content (AvgIpc) is 2.68. The molecule has 0 bridgehead atoms. The van der Waals surface area contributed by atoms with Gasteiger partial charge < -0.3 is 16.0 Å². The van der Waals surface area contributed by atoms with Crippen molar-refractivity contribution in [2.75, 3.05) is 24.3 Å². The molecule has 0 saturated carbocycles. The number of rotatable bonds is 4. The third kappa shape index (κ3) is 3.51. The zero-order valence-electron chi connectivity index (χ0n) is 11.3. The van der Waals surface area contributed by atoms with E-state index in [9.17, 15) is 9.59 Å². The average molecular weight is 292 g/mol. The Hall–Kier alpha value is -2.02. The molecule has 1 aliphatic heterocycles. The van der Waals surface area contributed by atoms with Crippen molar-refractivity contribution in [2.24, 2.45) is 10.7 Å². The molecule has 0 spiro atoms. The number of amidine groups is 1. The molecular formula is C13H16N4O2S. The maximum atomic E-state index is 11.9. The largest absolute Gasteiger partial charge is 0.378 e. The molecule has 0 saturated heterocycles. The number of nitrogens with one attached hydrogen (secondary N) is 1. The number of thioether (sulfide) groups is 1. The van der Waals surface area contributed by atoms with Crippen LogP contribution in [-0.2, 0) is 9.59 Å². The first-order chi connectivity index (χ1) is 9.45. The Morgan fingerprint density at radius 2 is 2.05 bits per heavy atom. The third-order valence-electron chi connectivity index (χ3n) is 2.80. The van der Waals surface area contributed by atoms with Crippen molar-refractivity contribution in [3.63, 3.8) is 0 Å². The van der Waals surface area contributed by atoms with Crippen LogP contribution in [0.25, 0.3) is 0 Å². The molecule has 20 heavy (non-hydrogen) atoms. The molecule has 3 N–H and O–H groups in total. The summed E-state index contributed by atoms with van der Waals surface area (Å²) in [6, 6.07) is 7.46. The zero-order chi connectivity index (χ0) is 14.7. The number of carbonyl (C=O) groups excluding carboxylic acids is 2. The summed E-state index contributed by atoms with van der Waals surface area (Å²) in [5, 5.41) is 2.48. The van der Waals surface area contributed by atoms with Crippen LogP contribution in [-0.4, -0.2) is 36.3 Å². The van der Waals surface area contributed by atoms with Gasteiger partial charge in [-0.3, -0.25) is 9.59 Å². The van der Waals surface area contributed by atoms with Crippen LogP contribution in [0.4, 0.5) is 11.4 Å². The van der Waals surface area contributed by atoms with Crippen LogP contribution in [0.2, 0.25) is 0 Å². The topological polar surface area (TPSA) is 87.8 Å². The number of nitrogens with two attached hydrogens (primary N) is 1. The number of aliphatic imine (C=N–C) groups is 1. The Morgan fingerprint density at radius 3 is 2.55 bits per heavy atom. The fourth-order valence-electron chi connectivity index (χ4n) is 1.76. The number of hydrogen-bond acceptors (Lipinski definition) is 5. The molecule has 1 heterocycles. The highest BCUT2D eigenvalue weighted by molar-refractivity contribution is 8.15. The van der Waals surface area contributed by atoms with Gasteiger partial charge in [0.1, 0.15) is 5.25 Å². The Morgan fingerprint density at radius 1 is 1.40 bits per heavy atom. The third-order valence-corrected chi connectivity index (χ3v) is 3.78. The van der Waals surface area contributed by atoms with Gasteiger partial charge in [-0.05, 0) is 24.3 Å². The first-order valence-corrected chi connectivity index (χ1v) is 6.95. The van der Waals surface area contributed by atoms with Gasteiger partial charge in [-0.15, -0.1) is 0 Å². The number of carbonyl (C=O) groups is 2. The lowest BCUT2D eigenvalue weighted by molar-refractivity contribution is -0.121. The molecule has 7 heteroatoms. The normalized spacial score (nSPS) is 17.8. The summed E-state index contributed by atoms with van der Waals surface area (Å²) in [7, 11) is 3.89. The molecule has 0 unspecified atom stereocenters. The van der Waals surface area contributed by atoms with E-state index in [1.807, 2.05) is 43.3 Å². The smallest absolute Gasteiger partial charge is 0.262 e. The summed E-state index contributed by atoms with van der Waals surface area (Å²) in [4.78, 5) is 28.8. The summed E-state index contributed by atoms with van der Waals surface area (Å²) in [5.74, 6) is -0.566. The molecule has 0 aromatic heterocycles. The van der Waals surface area contributed by atoms with E-state index in [2.05, 4.69) is 10.3 Å². The minimum atomic E-state index is -0.504. The van der Waals surface area contributed by atoms with Crippen molar-refractivity contribution in [3.8, 4) is 0 Å². The van der Waals surface area contributed by atoms with Gasteiger partial charge in [-0.2, -0.15) is 4.99 Å². The van der Waals surface area contributed by atoms with E-state index in [1.54, 1.807) is 0 Å². The fourth-order valence-corrected chi connectivity index (χ4v) is 2.58. The lowest BCUT2D eigenvalue weighted by Gasteiger charge is -2.13. The van der Waals surface area contributed by atoms with Gasteiger partial charge in [0, 0.05) is 31.9 Å². The quantitative estimate of drug-likeness (QED) is 0.865. The lowest BCUT2D eigenvalue weighted by Crippen LogP contribution is -2.21. The highest BCUT2D eigenvalue weighted by atomic mass is 32.2. The number of amides is 2. The highest BCUT2D eigenvalue weighted by Crippen LogP contribution is 2.23.